The molecule has 0 spiro atoms. The van der Waals surface area contributed by atoms with Crippen molar-refractivity contribution >= 4 is 11.3 Å². The lowest BCUT2D eigenvalue weighted by Crippen LogP contribution is -2.04. The van der Waals surface area contributed by atoms with Gasteiger partial charge in [-0.1, -0.05) is 0 Å². The number of fused-ring (bicyclic) bond motifs is 1. The van der Waals surface area contributed by atoms with Crippen LogP contribution in [0.2, 0.25) is 0 Å². The van der Waals surface area contributed by atoms with Crippen LogP contribution < -0.4 is 5.73 Å². The summed E-state index contributed by atoms with van der Waals surface area (Å²) in [4.78, 5) is 12.7. The number of nitrogens with two attached hydrogens (primary N) is 1. The predicted octanol–water partition coefficient (Wildman–Crippen LogP) is 3.83. The fourth-order valence-electron chi connectivity index (χ4n) is 2.87. The van der Waals surface area contributed by atoms with Gasteiger partial charge in [-0.3, -0.25) is 4.40 Å². The summed E-state index contributed by atoms with van der Waals surface area (Å²) in [6.45, 7) is 1.74. The fraction of sp³-hybridized carbons (Fsp3) is 0.105. The number of aryl methyl sites for hydroxylation is 1. The van der Waals surface area contributed by atoms with Crippen LogP contribution >= 0.6 is 0 Å². The Labute approximate surface area is 156 Å². The third kappa shape index (κ3) is 2.94. The lowest BCUT2D eigenvalue weighted by Gasteiger charge is -2.05. The first kappa shape index (κ1) is 17.9. The molecule has 1 aromatic carbocycles. The van der Waals surface area contributed by atoms with E-state index in [0.29, 0.717) is 17.1 Å². The van der Waals surface area contributed by atoms with Crippen LogP contribution in [0, 0.1) is 30.2 Å². The maximum absolute atomic E-state index is 14.1. The molecule has 0 saturated heterocycles. The Morgan fingerprint density at radius 2 is 1.75 bits per heavy atom. The van der Waals surface area contributed by atoms with E-state index in [1.165, 1.54) is 22.7 Å². The van der Waals surface area contributed by atoms with Gasteiger partial charge in [0.1, 0.15) is 29.0 Å². The molecule has 0 aliphatic rings. The highest BCUT2D eigenvalue weighted by atomic mass is 19.2. The molecule has 0 saturated carbocycles. The molecule has 142 valence electrons. The van der Waals surface area contributed by atoms with E-state index in [9.17, 15) is 17.6 Å². The van der Waals surface area contributed by atoms with Gasteiger partial charge in [-0.2, -0.15) is 0 Å². The summed E-state index contributed by atoms with van der Waals surface area (Å²) in [5, 5.41) is 0. The van der Waals surface area contributed by atoms with E-state index < -0.39 is 35.3 Å². The fourth-order valence-corrected chi connectivity index (χ4v) is 2.87. The molecule has 0 bridgehead atoms. The van der Waals surface area contributed by atoms with Gasteiger partial charge in [0.25, 0.3) is 0 Å². The molecule has 28 heavy (non-hydrogen) atoms. The summed E-state index contributed by atoms with van der Waals surface area (Å²) in [6.07, 6.45) is 2.23. The molecule has 3 heterocycles. The highest BCUT2D eigenvalue weighted by Crippen LogP contribution is 2.26. The molecule has 0 radical (unpaired) electrons. The van der Waals surface area contributed by atoms with Gasteiger partial charge >= 0.3 is 0 Å². The zero-order chi connectivity index (χ0) is 20.0. The zero-order valence-corrected chi connectivity index (χ0v) is 14.5. The Balaban J connectivity index is 1.91. The monoisotopic (exact) mass is 387 g/mol. The quantitative estimate of drug-likeness (QED) is 0.429. The molecule has 4 rings (SSSR count). The molecule has 0 unspecified atom stereocenters. The molecule has 0 aliphatic carbocycles. The summed E-state index contributed by atoms with van der Waals surface area (Å²) in [6, 6.07) is 4.19. The number of anilines is 1. The lowest BCUT2D eigenvalue weighted by molar-refractivity contribution is 0.481. The second kappa shape index (κ2) is 6.59. The van der Waals surface area contributed by atoms with Crippen LogP contribution in [-0.4, -0.2) is 19.4 Å². The minimum Gasteiger partial charge on any atom is -0.383 e. The number of benzene rings is 1. The van der Waals surface area contributed by atoms with Gasteiger partial charge in [0, 0.05) is 29.9 Å². The second-order valence-electron chi connectivity index (χ2n) is 6.24. The number of pyridine rings is 1. The van der Waals surface area contributed by atoms with Gasteiger partial charge < -0.3 is 5.73 Å². The molecule has 2 N–H and O–H groups in total. The van der Waals surface area contributed by atoms with Gasteiger partial charge in [-0.25, -0.2) is 32.5 Å². The summed E-state index contributed by atoms with van der Waals surface area (Å²) in [5.41, 5.74) is 6.66. The van der Waals surface area contributed by atoms with E-state index in [1.54, 1.807) is 6.92 Å². The van der Waals surface area contributed by atoms with Crippen molar-refractivity contribution in [3.63, 3.8) is 0 Å². The lowest BCUT2D eigenvalue weighted by atomic mass is 10.1. The van der Waals surface area contributed by atoms with E-state index in [-0.39, 0.29) is 23.2 Å². The molecular weight excluding hydrogens is 374 g/mol. The summed E-state index contributed by atoms with van der Waals surface area (Å²) >= 11 is 0. The average Bonchev–Trinajstić information content (AvgIpc) is 3.02. The summed E-state index contributed by atoms with van der Waals surface area (Å²) in [7, 11) is 0. The third-order valence-corrected chi connectivity index (χ3v) is 4.37. The second-order valence-corrected chi connectivity index (χ2v) is 6.24. The topological polar surface area (TPSA) is 69.1 Å². The number of halogens is 4. The maximum Gasteiger partial charge on any atom is 0.182 e. The van der Waals surface area contributed by atoms with Crippen LogP contribution in [0.25, 0.3) is 17.0 Å². The van der Waals surface area contributed by atoms with Gasteiger partial charge in [-0.05, 0) is 31.2 Å². The van der Waals surface area contributed by atoms with Crippen LogP contribution in [0.5, 0.6) is 0 Å². The van der Waals surface area contributed by atoms with Gasteiger partial charge in [0.15, 0.2) is 17.5 Å². The van der Waals surface area contributed by atoms with Crippen molar-refractivity contribution < 1.29 is 17.6 Å². The molecule has 3 aromatic heterocycles. The number of nitrogen functional groups attached to an aromatic ring is 1. The van der Waals surface area contributed by atoms with E-state index >= 15 is 0 Å². The molecule has 0 atom stereocenters. The Hall–Kier alpha value is -3.49. The Morgan fingerprint density at radius 3 is 2.50 bits per heavy atom. The van der Waals surface area contributed by atoms with Crippen molar-refractivity contribution in [2.24, 2.45) is 0 Å². The number of rotatable bonds is 3. The van der Waals surface area contributed by atoms with Crippen molar-refractivity contribution in [1.82, 2.24) is 19.4 Å². The summed E-state index contributed by atoms with van der Waals surface area (Å²) < 4.78 is 56.8. The third-order valence-electron chi connectivity index (χ3n) is 4.37. The highest BCUT2D eigenvalue weighted by Gasteiger charge is 2.20. The predicted molar refractivity (Wildman–Crippen MR) is 94.4 cm³/mol. The Kier molecular flexibility index (Phi) is 4.21. The van der Waals surface area contributed by atoms with Crippen LogP contribution in [0.4, 0.5) is 23.4 Å². The van der Waals surface area contributed by atoms with Crippen molar-refractivity contribution in [2.75, 3.05) is 5.73 Å². The number of nitrogens with zero attached hydrogens (tertiary/aromatic N) is 4. The van der Waals surface area contributed by atoms with E-state index in [0.717, 1.165) is 12.3 Å². The van der Waals surface area contributed by atoms with Crippen molar-refractivity contribution in [2.45, 2.75) is 13.3 Å². The van der Waals surface area contributed by atoms with Crippen LogP contribution in [0.3, 0.4) is 0 Å². The number of aromatic nitrogens is 4. The molecule has 5 nitrogen and oxygen atoms in total. The minimum atomic E-state index is -1.31. The molecule has 4 aromatic rings. The first-order valence-electron chi connectivity index (χ1n) is 8.23. The number of imidazole rings is 1. The molecule has 0 aliphatic heterocycles. The van der Waals surface area contributed by atoms with Gasteiger partial charge in [0.2, 0.25) is 0 Å². The van der Waals surface area contributed by atoms with Crippen molar-refractivity contribution in [1.29, 1.82) is 0 Å². The van der Waals surface area contributed by atoms with Crippen LogP contribution in [0.15, 0.2) is 36.7 Å². The van der Waals surface area contributed by atoms with Gasteiger partial charge in [-0.15, -0.1) is 0 Å². The van der Waals surface area contributed by atoms with E-state index in [4.69, 9.17) is 5.73 Å². The van der Waals surface area contributed by atoms with E-state index in [2.05, 4.69) is 15.0 Å². The molecule has 0 fully saturated rings. The normalized spacial score (nSPS) is 11.3. The Bertz CT molecular complexity index is 1220. The largest absolute Gasteiger partial charge is 0.383 e. The van der Waals surface area contributed by atoms with Crippen LogP contribution in [0.1, 0.15) is 17.0 Å². The number of hydrogen-bond donors (Lipinski definition) is 1. The van der Waals surface area contributed by atoms with Crippen molar-refractivity contribution in [3.8, 4) is 11.5 Å². The standard InChI is InChI=1S/C19H13F4N5/c1-9-7-25-19(27-18(9)24)17-14-5-2-10(20)8-28(14)15(26-17)6-11-12(21)3-4-13(22)16(11)23/h2-5,7-8H,6H2,1H3,(H2,24,25,27). The molecule has 0 amide bonds. The maximum atomic E-state index is 14.1. The van der Waals surface area contributed by atoms with Gasteiger partial charge in [0.05, 0.1) is 5.52 Å². The smallest absolute Gasteiger partial charge is 0.182 e. The first-order chi connectivity index (χ1) is 13.3. The minimum absolute atomic E-state index is 0.0932. The van der Waals surface area contributed by atoms with Crippen LogP contribution in [-0.2, 0) is 6.42 Å². The molecule has 9 heteroatoms. The SMILES string of the molecule is Cc1cnc(-c2nc(Cc3c(F)ccc(F)c3F)n3cc(F)ccc23)nc1N. The first-order valence-corrected chi connectivity index (χ1v) is 8.23. The molecular formula is C19H13F4N5. The average molecular weight is 387 g/mol. The Morgan fingerprint density at radius 1 is 1.00 bits per heavy atom. The van der Waals surface area contributed by atoms with E-state index in [1.807, 2.05) is 0 Å². The zero-order valence-electron chi connectivity index (χ0n) is 14.5. The summed E-state index contributed by atoms with van der Waals surface area (Å²) in [5.74, 6) is -3.48. The highest BCUT2D eigenvalue weighted by molar-refractivity contribution is 5.74. The number of hydrogen-bond acceptors (Lipinski definition) is 4. The van der Waals surface area contributed by atoms with Crippen molar-refractivity contribution in [3.05, 3.63) is 76.9 Å².